The van der Waals surface area contributed by atoms with Crippen LogP contribution in [0.15, 0.2) is 60.7 Å². The van der Waals surface area contributed by atoms with Crippen LogP contribution in [0.1, 0.15) is 33.1 Å². The molecule has 0 unspecified atom stereocenters. The highest BCUT2D eigenvalue weighted by Crippen LogP contribution is 2.50. The Morgan fingerprint density at radius 3 is 1.75 bits per heavy atom. The molecule has 3 heteroatoms. The maximum atomic E-state index is 10.6. The fourth-order valence-corrected chi connectivity index (χ4v) is 7.32. The van der Waals surface area contributed by atoms with Crippen LogP contribution in [0.4, 0.5) is 0 Å². The van der Waals surface area contributed by atoms with Crippen LogP contribution in [0.5, 0.6) is 0 Å². The Hall–Kier alpha value is -1.11. The fourth-order valence-electron chi connectivity index (χ4n) is 4.02. The van der Waals surface area contributed by atoms with Gasteiger partial charge in [-0.1, -0.05) is 80.9 Å². The van der Waals surface area contributed by atoms with Gasteiger partial charge >= 0.3 is 0 Å². The summed E-state index contributed by atoms with van der Waals surface area (Å²) in [5.41, 5.74) is 0.535. The van der Waals surface area contributed by atoms with E-state index in [9.17, 15) is 5.11 Å². The van der Waals surface area contributed by atoms with E-state index in [0.717, 1.165) is 6.42 Å². The number of hydrogen-bond donors (Lipinski definition) is 1. The lowest BCUT2D eigenvalue weighted by Crippen LogP contribution is -2.35. The lowest BCUT2D eigenvalue weighted by Gasteiger charge is -2.37. The van der Waals surface area contributed by atoms with E-state index in [-0.39, 0.29) is 14.5 Å². The van der Waals surface area contributed by atoms with Crippen LogP contribution in [0.3, 0.4) is 0 Å². The van der Waals surface area contributed by atoms with Gasteiger partial charge in [-0.15, -0.1) is 0 Å². The van der Waals surface area contributed by atoms with Crippen LogP contribution in [0.25, 0.3) is 0 Å². The Labute approximate surface area is 149 Å². The number of rotatable bonds is 5. The minimum absolute atomic E-state index is 0. The van der Waals surface area contributed by atoms with E-state index in [1.54, 1.807) is 0 Å². The molecule has 24 heavy (non-hydrogen) atoms. The topological polar surface area (TPSA) is 20.2 Å². The van der Waals surface area contributed by atoms with E-state index in [4.69, 9.17) is 0 Å². The second-order valence-electron chi connectivity index (χ2n) is 6.94. The highest BCUT2D eigenvalue weighted by molar-refractivity contribution is 7.73. The highest BCUT2D eigenvalue weighted by atomic mass is 31.1. The first-order valence-electron chi connectivity index (χ1n) is 8.76. The van der Waals surface area contributed by atoms with Gasteiger partial charge in [0.05, 0.1) is 14.5 Å². The predicted octanol–water partition coefficient (Wildman–Crippen LogP) is 3.12. The van der Waals surface area contributed by atoms with Crippen molar-refractivity contribution >= 4 is 26.9 Å². The third-order valence-electron chi connectivity index (χ3n) is 5.02. The largest absolute Gasteiger partial charge is 0.393 e. The second-order valence-corrected chi connectivity index (χ2v) is 9.31. The van der Waals surface area contributed by atoms with E-state index in [0.29, 0.717) is 17.5 Å². The molecular weight excluding hydrogens is 310 g/mol. The van der Waals surface area contributed by atoms with Gasteiger partial charge in [-0.3, -0.25) is 0 Å². The lowest BCUT2D eigenvalue weighted by molar-refractivity contribution is 0.123. The molecule has 2 aromatic rings. The van der Waals surface area contributed by atoms with Gasteiger partial charge in [0.2, 0.25) is 0 Å². The third kappa shape index (κ3) is 4.10. The zero-order chi connectivity index (χ0) is 16.2. The third-order valence-corrected chi connectivity index (χ3v) is 8.30. The van der Waals surface area contributed by atoms with Crippen molar-refractivity contribution in [3.8, 4) is 0 Å². The number of aliphatic hydroxyl groups is 1. The van der Waals surface area contributed by atoms with Gasteiger partial charge in [0.1, 0.15) is 0 Å². The molecule has 3 rings (SSSR count). The van der Waals surface area contributed by atoms with E-state index < -0.39 is 7.92 Å². The van der Waals surface area contributed by atoms with Crippen molar-refractivity contribution in [3.63, 3.8) is 0 Å². The van der Waals surface area contributed by atoms with Crippen LogP contribution >= 0.6 is 7.92 Å². The Bertz CT molecular complexity index is 562. The van der Waals surface area contributed by atoms with Gasteiger partial charge in [-0.25, -0.2) is 0 Å². The smallest absolute Gasteiger partial charge is 0.0814 e. The number of hydrogen-bond acceptors (Lipinski definition) is 1. The van der Waals surface area contributed by atoms with E-state index in [1.807, 2.05) is 0 Å². The zero-order valence-electron chi connectivity index (χ0n) is 14.1. The second kappa shape index (κ2) is 8.83. The minimum atomic E-state index is -0.451. The van der Waals surface area contributed by atoms with Crippen LogP contribution in [-0.2, 0) is 0 Å². The molecule has 0 spiro atoms. The minimum Gasteiger partial charge on any atom is -0.393 e. The molecule has 1 fully saturated rings. The van der Waals surface area contributed by atoms with Crippen LogP contribution < -0.4 is 10.6 Å². The lowest BCUT2D eigenvalue weighted by atomic mass is 9.93. The van der Waals surface area contributed by atoms with Crippen molar-refractivity contribution < 1.29 is 5.11 Å². The van der Waals surface area contributed by atoms with E-state index >= 15 is 0 Å². The van der Waals surface area contributed by atoms with E-state index in [2.05, 4.69) is 74.5 Å². The Kier molecular flexibility index (Phi) is 7.08. The summed E-state index contributed by atoms with van der Waals surface area (Å²) in [6, 6.07) is 21.9. The molecule has 0 aromatic heterocycles. The van der Waals surface area contributed by atoms with Crippen LogP contribution in [-0.4, -0.2) is 25.3 Å². The molecule has 2 aromatic carbocycles. The standard InChI is InChI=1S/C21H27OP.BH3/c1-16(2)21(19-14-9-15-20(19)22)23(17-10-5-3-6-11-17)18-12-7-4-8-13-18;/h3-8,10-13,16,19-22H,9,14-15H2,1-2H3;1H3/t19-,20-,21-;/m0./s1. The van der Waals surface area contributed by atoms with Gasteiger partial charge in [0, 0.05) is 0 Å². The normalized spacial score (nSPS) is 21.7. The highest BCUT2D eigenvalue weighted by Gasteiger charge is 2.39. The molecule has 0 heterocycles. The van der Waals surface area contributed by atoms with Crippen molar-refractivity contribution in [2.45, 2.75) is 44.9 Å². The van der Waals surface area contributed by atoms with E-state index in [1.165, 1.54) is 23.5 Å². The maximum Gasteiger partial charge on any atom is 0.0814 e. The molecule has 3 atom stereocenters. The summed E-state index contributed by atoms with van der Waals surface area (Å²) in [6.07, 6.45) is 3.19. The molecule has 128 valence electrons. The monoisotopic (exact) mass is 340 g/mol. The van der Waals surface area contributed by atoms with Crippen molar-refractivity contribution in [1.29, 1.82) is 0 Å². The maximum absolute atomic E-state index is 10.6. The number of aliphatic hydroxyl groups excluding tert-OH is 1. The van der Waals surface area contributed by atoms with Gasteiger partial charge in [0.15, 0.2) is 0 Å². The van der Waals surface area contributed by atoms with Crippen molar-refractivity contribution in [2.24, 2.45) is 11.8 Å². The summed E-state index contributed by atoms with van der Waals surface area (Å²) in [6.45, 7) is 4.66. The molecule has 1 saturated carbocycles. The van der Waals surface area contributed by atoms with Crippen molar-refractivity contribution in [3.05, 3.63) is 60.7 Å². The Balaban J connectivity index is 0.00000208. The van der Waals surface area contributed by atoms with Gasteiger partial charge in [-0.05, 0) is 48.9 Å². The molecule has 0 bridgehead atoms. The van der Waals surface area contributed by atoms with Gasteiger partial charge in [-0.2, -0.15) is 0 Å². The summed E-state index contributed by atoms with van der Waals surface area (Å²) >= 11 is 0. The zero-order valence-corrected chi connectivity index (χ0v) is 15.0. The fraction of sp³-hybridized carbons (Fsp3) is 0.429. The first-order valence-corrected chi connectivity index (χ1v) is 10.2. The predicted molar refractivity (Wildman–Crippen MR) is 111 cm³/mol. The summed E-state index contributed by atoms with van der Waals surface area (Å²) in [7, 11) is -0.451. The van der Waals surface area contributed by atoms with Crippen LogP contribution in [0.2, 0.25) is 0 Å². The van der Waals surface area contributed by atoms with Crippen LogP contribution in [0, 0.1) is 11.8 Å². The number of benzene rings is 2. The molecular formula is C21H30BOP. The molecule has 0 saturated heterocycles. The molecule has 1 nitrogen and oxygen atoms in total. The first kappa shape index (κ1) is 19.2. The Morgan fingerprint density at radius 1 is 0.875 bits per heavy atom. The van der Waals surface area contributed by atoms with Crippen molar-refractivity contribution in [2.75, 3.05) is 0 Å². The molecule has 0 radical (unpaired) electrons. The van der Waals surface area contributed by atoms with Gasteiger partial charge < -0.3 is 5.11 Å². The summed E-state index contributed by atoms with van der Waals surface area (Å²) in [5.74, 6) is 1.00. The summed E-state index contributed by atoms with van der Waals surface area (Å²) in [5, 5.41) is 13.4. The molecule has 1 aliphatic rings. The Morgan fingerprint density at radius 2 is 1.38 bits per heavy atom. The molecule has 1 N–H and O–H groups in total. The molecule has 0 aliphatic heterocycles. The summed E-state index contributed by atoms with van der Waals surface area (Å²) in [4.78, 5) is 0. The molecule has 1 aliphatic carbocycles. The van der Waals surface area contributed by atoms with Gasteiger partial charge in [0.25, 0.3) is 0 Å². The quantitative estimate of drug-likeness (QED) is 0.655. The van der Waals surface area contributed by atoms with Crippen molar-refractivity contribution in [1.82, 2.24) is 0 Å². The average Bonchev–Trinajstić information content (AvgIpc) is 2.99. The summed E-state index contributed by atoms with van der Waals surface area (Å²) < 4.78 is 0. The SMILES string of the molecule is B.CC(C)[C@@H]([C@H]1CCC[C@@H]1O)P(c1ccccc1)c1ccccc1. The average molecular weight is 340 g/mol. The first-order chi connectivity index (χ1) is 11.2. The molecule has 0 amide bonds.